The fourth-order valence-electron chi connectivity index (χ4n) is 2.45. The topological polar surface area (TPSA) is 61.4 Å². The number of hydrogen-bond acceptors (Lipinski definition) is 4. The van der Waals surface area contributed by atoms with E-state index in [2.05, 4.69) is 29.5 Å². The molecule has 2 heterocycles. The molecule has 0 aliphatic carbocycles. The maximum Gasteiger partial charge on any atom is 0.243 e. The van der Waals surface area contributed by atoms with E-state index < -0.39 is 0 Å². The SMILES string of the molecule is CC1CC(NC2CCC(=O)NC2=O)CN1C. The number of carbonyl (C=O) groups is 2. The van der Waals surface area contributed by atoms with Gasteiger partial charge >= 0.3 is 0 Å². The van der Waals surface area contributed by atoms with Gasteiger partial charge < -0.3 is 10.2 Å². The van der Waals surface area contributed by atoms with E-state index >= 15 is 0 Å². The van der Waals surface area contributed by atoms with E-state index in [1.807, 2.05) is 0 Å². The summed E-state index contributed by atoms with van der Waals surface area (Å²) in [5.74, 6) is -0.321. The molecule has 0 saturated carbocycles. The Balaban J connectivity index is 1.86. The van der Waals surface area contributed by atoms with Gasteiger partial charge in [-0.25, -0.2) is 0 Å². The van der Waals surface area contributed by atoms with E-state index in [0.29, 0.717) is 24.9 Å². The Hall–Kier alpha value is -0.940. The Morgan fingerprint density at radius 1 is 1.44 bits per heavy atom. The normalized spacial score (nSPS) is 36.5. The summed E-state index contributed by atoms with van der Waals surface area (Å²) in [7, 11) is 2.09. The summed E-state index contributed by atoms with van der Waals surface area (Å²) in [6, 6.07) is 0.733. The van der Waals surface area contributed by atoms with E-state index in [9.17, 15) is 9.59 Å². The molecule has 5 heteroatoms. The molecule has 2 rings (SSSR count). The number of piperidine rings is 1. The van der Waals surface area contributed by atoms with Crippen molar-refractivity contribution >= 4 is 11.8 Å². The molecule has 0 spiro atoms. The van der Waals surface area contributed by atoms with Gasteiger partial charge in [-0.2, -0.15) is 0 Å². The van der Waals surface area contributed by atoms with Crippen molar-refractivity contribution in [2.45, 2.75) is 44.3 Å². The third kappa shape index (κ3) is 2.41. The fourth-order valence-corrected chi connectivity index (χ4v) is 2.45. The van der Waals surface area contributed by atoms with Crippen molar-refractivity contribution in [3.05, 3.63) is 0 Å². The van der Waals surface area contributed by atoms with Gasteiger partial charge in [0.1, 0.15) is 0 Å². The Kier molecular flexibility index (Phi) is 3.25. The van der Waals surface area contributed by atoms with Crippen LogP contribution in [0.2, 0.25) is 0 Å². The van der Waals surface area contributed by atoms with Gasteiger partial charge in [0, 0.05) is 25.0 Å². The minimum Gasteiger partial charge on any atom is -0.302 e. The molecule has 90 valence electrons. The zero-order valence-corrected chi connectivity index (χ0v) is 9.82. The first-order valence-electron chi connectivity index (χ1n) is 5.86. The van der Waals surface area contributed by atoms with Crippen LogP contribution in [0.15, 0.2) is 0 Å². The summed E-state index contributed by atoms with van der Waals surface area (Å²) in [5.41, 5.74) is 0. The van der Waals surface area contributed by atoms with Crippen LogP contribution in [-0.2, 0) is 9.59 Å². The average Bonchev–Trinajstić information content (AvgIpc) is 2.51. The molecule has 0 aromatic carbocycles. The van der Waals surface area contributed by atoms with Crippen molar-refractivity contribution < 1.29 is 9.59 Å². The molecule has 0 radical (unpaired) electrons. The van der Waals surface area contributed by atoms with Gasteiger partial charge in [-0.3, -0.25) is 14.9 Å². The minimum absolute atomic E-state index is 0.153. The summed E-state index contributed by atoms with van der Waals surface area (Å²) in [6.07, 6.45) is 2.13. The Bertz CT molecular complexity index is 296. The zero-order chi connectivity index (χ0) is 11.7. The molecule has 16 heavy (non-hydrogen) atoms. The highest BCUT2D eigenvalue weighted by Gasteiger charge is 2.32. The number of rotatable bonds is 2. The average molecular weight is 225 g/mol. The number of amides is 2. The van der Waals surface area contributed by atoms with Crippen molar-refractivity contribution in [1.82, 2.24) is 15.5 Å². The van der Waals surface area contributed by atoms with Crippen LogP contribution in [-0.4, -0.2) is 48.4 Å². The van der Waals surface area contributed by atoms with E-state index in [4.69, 9.17) is 0 Å². The molecule has 3 unspecified atom stereocenters. The van der Waals surface area contributed by atoms with Crippen LogP contribution >= 0.6 is 0 Å². The molecule has 3 atom stereocenters. The lowest BCUT2D eigenvalue weighted by Gasteiger charge is -2.25. The summed E-state index contributed by atoms with van der Waals surface area (Å²) >= 11 is 0. The van der Waals surface area contributed by atoms with Crippen LogP contribution in [0.4, 0.5) is 0 Å². The van der Waals surface area contributed by atoms with Gasteiger partial charge in [-0.05, 0) is 26.8 Å². The molecule has 2 fully saturated rings. The van der Waals surface area contributed by atoms with Crippen molar-refractivity contribution in [3.63, 3.8) is 0 Å². The van der Waals surface area contributed by atoms with Crippen molar-refractivity contribution in [2.24, 2.45) is 0 Å². The second-order valence-corrected chi connectivity index (χ2v) is 4.89. The quantitative estimate of drug-likeness (QED) is 0.620. The van der Waals surface area contributed by atoms with Crippen molar-refractivity contribution in [1.29, 1.82) is 0 Å². The summed E-state index contributed by atoms with van der Waals surface area (Å²) in [4.78, 5) is 24.8. The predicted molar refractivity (Wildman–Crippen MR) is 59.8 cm³/mol. The highest BCUT2D eigenvalue weighted by molar-refractivity contribution is 6.00. The van der Waals surface area contributed by atoms with Crippen LogP contribution in [0.3, 0.4) is 0 Å². The number of carbonyl (C=O) groups excluding carboxylic acids is 2. The van der Waals surface area contributed by atoms with E-state index in [1.165, 1.54) is 0 Å². The summed E-state index contributed by atoms with van der Waals surface area (Å²) in [5, 5.41) is 5.71. The van der Waals surface area contributed by atoms with Gasteiger partial charge in [0.15, 0.2) is 0 Å². The Morgan fingerprint density at radius 3 is 2.75 bits per heavy atom. The molecule has 2 aliphatic rings. The maximum atomic E-state index is 11.5. The molecule has 5 nitrogen and oxygen atoms in total. The molecule has 2 amide bonds. The lowest BCUT2D eigenvalue weighted by molar-refractivity contribution is -0.134. The van der Waals surface area contributed by atoms with Crippen LogP contribution in [0.1, 0.15) is 26.2 Å². The van der Waals surface area contributed by atoms with Crippen LogP contribution in [0, 0.1) is 0 Å². The highest BCUT2D eigenvalue weighted by Crippen LogP contribution is 2.16. The van der Waals surface area contributed by atoms with Crippen LogP contribution < -0.4 is 10.6 Å². The number of likely N-dealkylation sites (tertiary alicyclic amines) is 1. The first kappa shape index (κ1) is 11.5. The monoisotopic (exact) mass is 225 g/mol. The predicted octanol–water partition coefficient (Wildman–Crippen LogP) is -0.526. The number of nitrogens with zero attached hydrogens (tertiary/aromatic N) is 1. The summed E-state index contributed by atoms with van der Waals surface area (Å²) < 4.78 is 0. The highest BCUT2D eigenvalue weighted by atomic mass is 16.2. The number of hydrogen-bond donors (Lipinski definition) is 2. The van der Waals surface area contributed by atoms with Gasteiger partial charge in [-0.15, -0.1) is 0 Å². The molecule has 0 bridgehead atoms. The molecule has 2 saturated heterocycles. The second kappa shape index (κ2) is 4.51. The van der Waals surface area contributed by atoms with Crippen molar-refractivity contribution in [2.75, 3.05) is 13.6 Å². The third-order valence-electron chi connectivity index (χ3n) is 3.56. The smallest absolute Gasteiger partial charge is 0.243 e. The summed E-state index contributed by atoms with van der Waals surface area (Å²) in [6.45, 7) is 3.16. The van der Waals surface area contributed by atoms with Crippen LogP contribution in [0.25, 0.3) is 0 Å². The van der Waals surface area contributed by atoms with Gasteiger partial charge in [-0.1, -0.05) is 0 Å². The standard InChI is InChI=1S/C11H19N3O2/c1-7-5-8(6-14(7)2)12-9-3-4-10(15)13-11(9)16/h7-9,12H,3-6H2,1-2H3,(H,13,15,16). The van der Waals surface area contributed by atoms with Gasteiger partial charge in [0.2, 0.25) is 11.8 Å². The lowest BCUT2D eigenvalue weighted by atomic mass is 10.0. The van der Waals surface area contributed by atoms with E-state index in [0.717, 1.165) is 13.0 Å². The first-order chi connectivity index (χ1) is 7.56. The number of likely N-dealkylation sites (N-methyl/N-ethyl adjacent to an activating group) is 1. The van der Waals surface area contributed by atoms with Gasteiger partial charge in [0.05, 0.1) is 6.04 Å². The fraction of sp³-hybridized carbons (Fsp3) is 0.818. The first-order valence-corrected chi connectivity index (χ1v) is 5.86. The Labute approximate surface area is 95.6 Å². The van der Waals surface area contributed by atoms with E-state index in [-0.39, 0.29) is 17.9 Å². The number of nitrogens with one attached hydrogen (secondary N) is 2. The van der Waals surface area contributed by atoms with E-state index in [1.54, 1.807) is 0 Å². The molecule has 2 N–H and O–H groups in total. The molecule has 0 aromatic heterocycles. The molecule has 2 aliphatic heterocycles. The zero-order valence-electron chi connectivity index (χ0n) is 9.82. The minimum atomic E-state index is -0.193. The van der Waals surface area contributed by atoms with Crippen LogP contribution in [0.5, 0.6) is 0 Å². The lowest BCUT2D eigenvalue weighted by Crippen LogP contribution is -2.53. The molecule has 0 aromatic rings. The second-order valence-electron chi connectivity index (χ2n) is 4.89. The van der Waals surface area contributed by atoms with Gasteiger partial charge in [0.25, 0.3) is 0 Å². The molecular weight excluding hydrogens is 206 g/mol. The Morgan fingerprint density at radius 2 is 2.19 bits per heavy atom. The number of imide groups is 1. The maximum absolute atomic E-state index is 11.5. The largest absolute Gasteiger partial charge is 0.302 e. The molecular formula is C11H19N3O2. The third-order valence-corrected chi connectivity index (χ3v) is 3.56. The van der Waals surface area contributed by atoms with Crippen molar-refractivity contribution in [3.8, 4) is 0 Å².